The van der Waals surface area contributed by atoms with Gasteiger partial charge in [0.05, 0.1) is 0 Å². The summed E-state index contributed by atoms with van der Waals surface area (Å²) in [7, 11) is 0. The Morgan fingerprint density at radius 3 is 2.82 bits per heavy atom. The van der Waals surface area contributed by atoms with E-state index < -0.39 is 0 Å². The van der Waals surface area contributed by atoms with E-state index in [-0.39, 0.29) is 0 Å². The second-order valence-electron chi connectivity index (χ2n) is 4.19. The second-order valence-corrected chi connectivity index (χ2v) is 4.19. The molecule has 2 nitrogen and oxygen atoms in total. The first-order valence-electron chi connectivity index (χ1n) is 6.09. The predicted molar refractivity (Wildman–Crippen MR) is 72.2 cm³/mol. The van der Waals surface area contributed by atoms with Gasteiger partial charge in [0.15, 0.2) is 0 Å². The summed E-state index contributed by atoms with van der Waals surface area (Å²) in [5.41, 5.74) is 2.41. The molecule has 0 saturated heterocycles. The van der Waals surface area contributed by atoms with E-state index in [0.29, 0.717) is 12.6 Å². The highest BCUT2D eigenvalue weighted by atomic mass is 16.5. The van der Waals surface area contributed by atoms with E-state index in [0.717, 1.165) is 24.3 Å². The lowest BCUT2D eigenvalue weighted by Crippen LogP contribution is -2.19. The topological polar surface area (TPSA) is 21.3 Å². The molecule has 2 heteroatoms. The van der Waals surface area contributed by atoms with Crippen molar-refractivity contribution in [1.29, 1.82) is 0 Å². The molecule has 1 rings (SSSR count). The normalized spacial score (nSPS) is 11.9. The van der Waals surface area contributed by atoms with Gasteiger partial charge in [-0.2, -0.15) is 0 Å². The fourth-order valence-electron chi connectivity index (χ4n) is 1.70. The smallest absolute Gasteiger partial charge is 0.148 e. The van der Waals surface area contributed by atoms with Crippen LogP contribution in [0.5, 0.6) is 5.75 Å². The van der Waals surface area contributed by atoms with Crippen molar-refractivity contribution in [2.75, 3.05) is 13.2 Å². The van der Waals surface area contributed by atoms with Crippen LogP contribution in [0.3, 0.4) is 0 Å². The van der Waals surface area contributed by atoms with Crippen molar-refractivity contribution in [3.63, 3.8) is 0 Å². The van der Waals surface area contributed by atoms with Crippen LogP contribution in [-0.4, -0.2) is 13.2 Å². The lowest BCUT2D eigenvalue weighted by Gasteiger charge is -2.15. The predicted octanol–water partition coefficient (Wildman–Crippen LogP) is 3.07. The third-order valence-electron chi connectivity index (χ3n) is 2.71. The minimum atomic E-state index is 0.323. The molecular formula is C15H21NO. The molecule has 0 aromatic heterocycles. The summed E-state index contributed by atoms with van der Waals surface area (Å²) in [5, 5.41) is 3.47. The number of benzene rings is 1. The number of rotatable bonds is 6. The summed E-state index contributed by atoms with van der Waals surface area (Å²) in [6, 6.07) is 6.60. The fraction of sp³-hybridized carbons (Fsp3) is 0.467. The van der Waals surface area contributed by atoms with Crippen molar-refractivity contribution >= 4 is 0 Å². The van der Waals surface area contributed by atoms with Gasteiger partial charge in [-0.05, 0) is 44.0 Å². The van der Waals surface area contributed by atoms with Gasteiger partial charge in [0, 0.05) is 6.04 Å². The largest absolute Gasteiger partial charge is 0.481 e. The number of nitrogens with one attached hydrogen (secondary N) is 1. The number of ether oxygens (including phenoxy) is 1. The molecule has 0 heterocycles. The van der Waals surface area contributed by atoms with E-state index in [1.807, 2.05) is 13.0 Å². The van der Waals surface area contributed by atoms with Gasteiger partial charge in [0.2, 0.25) is 0 Å². The first-order chi connectivity index (χ1) is 8.19. The second kappa shape index (κ2) is 6.98. The molecule has 1 unspecified atom stereocenters. The molecule has 0 aliphatic carbocycles. The Bertz CT molecular complexity index is 392. The van der Waals surface area contributed by atoms with E-state index in [2.05, 4.69) is 37.2 Å². The molecule has 0 saturated carbocycles. The lowest BCUT2D eigenvalue weighted by molar-refractivity contribution is 0.367. The minimum Gasteiger partial charge on any atom is -0.481 e. The summed E-state index contributed by atoms with van der Waals surface area (Å²) in [5.74, 6) is 3.34. The van der Waals surface area contributed by atoms with Crippen LogP contribution in [0.1, 0.15) is 37.4 Å². The molecule has 92 valence electrons. The van der Waals surface area contributed by atoms with Gasteiger partial charge in [-0.15, -0.1) is 6.42 Å². The summed E-state index contributed by atoms with van der Waals surface area (Å²) >= 11 is 0. The maximum Gasteiger partial charge on any atom is 0.148 e. The van der Waals surface area contributed by atoms with Crippen molar-refractivity contribution in [1.82, 2.24) is 5.32 Å². The Balaban J connectivity index is 2.71. The molecule has 0 aliphatic rings. The van der Waals surface area contributed by atoms with Crippen LogP contribution < -0.4 is 10.1 Å². The maximum atomic E-state index is 5.45. The van der Waals surface area contributed by atoms with Gasteiger partial charge in [0.1, 0.15) is 12.4 Å². The van der Waals surface area contributed by atoms with E-state index in [1.165, 1.54) is 5.56 Å². The van der Waals surface area contributed by atoms with Crippen molar-refractivity contribution in [2.24, 2.45) is 0 Å². The molecular weight excluding hydrogens is 210 g/mol. The van der Waals surface area contributed by atoms with Gasteiger partial charge in [-0.3, -0.25) is 0 Å². The van der Waals surface area contributed by atoms with Gasteiger partial charge < -0.3 is 10.1 Å². The van der Waals surface area contributed by atoms with E-state index in [9.17, 15) is 0 Å². The van der Waals surface area contributed by atoms with Gasteiger partial charge in [-0.25, -0.2) is 0 Å². The summed E-state index contributed by atoms with van der Waals surface area (Å²) in [4.78, 5) is 0. The Hall–Kier alpha value is -1.46. The van der Waals surface area contributed by atoms with Crippen LogP contribution >= 0.6 is 0 Å². The van der Waals surface area contributed by atoms with Crippen LogP contribution in [-0.2, 0) is 0 Å². The molecule has 0 bridgehead atoms. The highest BCUT2D eigenvalue weighted by molar-refractivity contribution is 5.37. The monoisotopic (exact) mass is 231 g/mol. The summed E-state index contributed by atoms with van der Waals surface area (Å²) in [6.07, 6.45) is 6.32. The van der Waals surface area contributed by atoms with Gasteiger partial charge in [0.25, 0.3) is 0 Å². The van der Waals surface area contributed by atoms with Gasteiger partial charge >= 0.3 is 0 Å². The van der Waals surface area contributed by atoms with Crippen LogP contribution in [0.15, 0.2) is 18.2 Å². The highest BCUT2D eigenvalue weighted by Crippen LogP contribution is 2.22. The Morgan fingerprint density at radius 2 is 2.24 bits per heavy atom. The van der Waals surface area contributed by atoms with E-state index in [4.69, 9.17) is 11.2 Å². The molecule has 0 aliphatic heterocycles. The molecule has 0 amide bonds. The third kappa shape index (κ3) is 4.13. The number of hydrogen-bond donors (Lipinski definition) is 1. The molecule has 0 radical (unpaired) electrons. The first kappa shape index (κ1) is 13.6. The lowest BCUT2D eigenvalue weighted by atomic mass is 10.0. The Kier molecular flexibility index (Phi) is 5.59. The fourth-order valence-corrected chi connectivity index (χ4v) is 1.70. The standard InChI is InChI=1S/C15H21NO/c1-5-9-16-13(4)14-7-8-15(12(3)11-14)17-10-6-2/h2,7-8,11,13,16H,5,9-10H2,1,3-4H3. The average Bonchev–Trinajstić information content (AvgIpc) is 2.34. The van der Waals surface area contributed by atoms with Crippen molar-refractivity contribution < 1.29 is 4.74 Å². The SMILES string of the molecule is C#CCOc1ccc(C(C)NCCC)cc1C. The zero-order chi connectivity index (χ0) is 12.7. The third-order valence-corrected chi connectivity index (χ3v) is 2.71. The molecule has 0 spiro atoms. The van der Waals surface area contributed by atoms with E-state index in [1.54, 1.807) is 0 Å². The maximum absolute atomic E-state index is 5.45. The molecule has 1 aromatic rings. The van der Waals surface area contributed by atoms with E-state index >= 15 is 0 Å². The zero-order valence-corrected chi connectivity index (χ0v) is 10.9. The first-order valence-corrected chi connectivity index (χ1v) is 6.09. The van der Waals surface area contributed by atoms with Crippen LogP contribution in [0, 0.1) is 19.3 Å². The molecule has 0 fully saturated rings. The average molecular weight is 231 g/mol. The molecule has 1 atom stereocenters. The van der Waals surface area contributed by atoms with Crippen LogP contribution in [0.25, 0.3) is 0 Å². The zero-order valence-electron chi connectivity index (χ0n) is 10.9. The minimum absolute atomic E-state index is 0.323. The summed E-state index contributed by atoms with van der Waals surface area (Å²) in [6.45, 7) is 7.75. The van der Waals surface area contributed by atoms with Crippen LogP contribution in [0.4, 0.5) is 0 Å². The Labute approximate surface area is 104 Å². The molecule has 1 aromatic carbocycles. The molecule has 17 heavy (non-hydrogen) atoms. The van der Waals surface area contributed by atoms with Crippen LogP contribution in [0.2, 0.25) is 0 Å². The van der Waals surface area contributed by atoms with Gasteiger partial charge in [-0.1, -0.05) is 25.0 Å². The van der Waals surface area contributed by atoms with Crippen molar-refractivity contribution in [2.45, 2.75) is 33.2 Å². The molecule has 1 N–H and O–H groups in total. The van der Waals surface area contributed by atoms with Crippen molar-refractivity contribution in [3.8, 4) is 18.1 Å². The number of hydrogen-bond acceptors (Lipinski definition) is 2. The van der Waals surface area contributed by atoms with Crippen molar-refractivity contribution in [3.05, 3.63) is 29.3 Å². The highest BCUT2D eigenvalue weighted by Gasteiger charge is 2.06. The Morgan fingerprint density at radius 1 is 1.47 bits per heavy atom. The number of terminal acetylenes is 1. The number of aryl methyl sites for hydroxylation is 1. The quantitative estimate of drug-likeness (QED) is 0.760. The summed E-state index contributed by atoms with van der Waals surface area (Å²) < 4.78 is 5.45.